The molecule has 0 saturated carbocycles. The van der Waals surface area contributed by atoms with Crippen LogP contribution in [0.3, 0.4) is 0 Å². The van der Waals surface area contributed by atoms with Crippen molar-refractivity contribution in [1.82, 2.24) is 0 Å². The Morgan fingerprint density at radius 2 is 2.62 bits per heavy atom. The molecule has 1 aliphatic heterocycles. The van der Waals surface area contributed by atoms with Gasteiger partial charge in [0.1, 0.15) is 5.84 Å². The molecule has 1 aliphatic rings. The first-order valence-electron chi connectivity index (χ1n) is 2.77. The average molecular weight is 110 g/mol. The molecule has 1 heterocycles. The Kier molecular flexibility index (Phi) is 1.33. The highest BCUT2D eigenvalue weighted by molar-refractivity contribution is 5.91. The SMILES string of the molecule is CC1C=CC(N)=NC1. The zero-order valence-electron chi connectivity index (χ0n) is 4.96. The fourth-order valence-corrected chi connectivity index (χ4v) is 0.626. The smallest absolute Gasteiger partial charge is 0.117 e. The molecular weight excluding hydrogens is 100 g/mol. The van der Waals surface area contributed by atoms with Crippen molar-refractivity contribution in [3.8, 4) is 0 Å². The van der Waals surface area contributed by atoms with Crippen molar-refractivity contribution in [1.29, 1.82) is 0 Å². The molecule has 0 spiro atoms. The number of hydrogen-bond acceptors (Lipinski definition) is 2. The normalized spacial score (nSPS) is 27.6. The Balaban J connectivity index is 2.58. The standard InChI is InChI=1S/C6H10N2/c1-5-2-3-6(7)8-4-5/h2-3,5H,4H2,1H3,(H2,7,8). The number of nitrogens with zero attached hydrogens (tertiary/aromatic N) is 1. The third-order valence-corrected chi connectivity index (χ3v) is 1.16. The minimum Gasteiger partial charge on any atom is -0.384 e. The number of amidine groups is 1. The molecule has 0 radical (unpaired) electrons. The van der Waals surface area contributed by atoms with Gasteiger partial charge in [-0.1, -0.05) is 13.0 Å². The maximum atomic E-state index is 5.36. The predicted molar refractivity (Wildman–Crippen MR) is 34.8 cm³/mol. The summed E-state index contributed by atoms with van der Waals surface area (Å²) in [5.74, 6) is 1.23. The highest BCUT2D eigenvalue weighted by atomic mass is 14.8. The number of dihydropyridines is 1. The Morgan fingerprint density at radius 3 is 3.00 bits per heavy atom. The van der Waals surface area contributed by atoms with Gasteiger partial charge in [0.05, 0.1) is 0 Å². The lowest BCUT2D eigenvalue weighted by Gasteiger charge is -2.06. The van der Waals surface area contributed by atoms with E-state index in [1.54, 1.807) is 0 Å². The van der Waals surface area contributed by atoms with Crippen molar-refractivity contribution in [3.05, 3.63) is 12.2 Å². The summed E-state index contributed by atoms with van der Waals surface area (Å²) in [5, 5.41) is 0. The summed E-state index contributed by atoms with van der Waals surface area (Å²) in [6.07, 6.45) is 3.93. The van der Waals surface area contributed by atoms with E-state index in [4.69, 9.17) is 5.73 Å². The van der Waals surface area contributed by atoms with E-state index in [0.29, 0.717) is 11.8 Å². The van der Waals surface area contributed by atoms with E-state index >= 15 is 0 Å². The fourth-order valence-electron chi connectivity index (χ4n) is 0.626. The first-order valence-corrected chi connectivity index (χ1v) is 2.77. The van der Waals surface area contributed by atoms with E-state index in [9.17, 15) is 0 Å². The van der Waals surface area contributed by atoms with Gasteiger partial charge in [-0.2, -0.15) is 0 Å². The van der Waals surface area contributed by atoms with E-state index in [-0.39, 0.29) is 0 Å². The fraction of sp³-hybridized carbons (Fsp3) is 0.500. The van der Waals surface area contributed by atoms with Crippen LogP contribution in [0.5, 0.6) is 0 Å². The van der Waals surface area contributed by atoms with Crippen LogP contribution in [0, 0.1) is 5.92 Å². The molecular formula is C6H10N2. The second kappa shape index (κ2) is 1.99. The van der Waals surface area contributed by atoms with Crippen molar-refractivity contribution in [2.24, 2.45) is 16.6 Å². The topological polar surface area (TPSA) is 38.4 Å². The summed E-state index contributed by atoms with van der Waals surface area (Å²) in [7, 11) is 0. The van der Waals surface area contributed by atoms with Gasteiger partial charge in [-0.15, -0.1) is 0 Å². The van der Waals surface area contributed by atoms with Crippen LogP contribution in [0.1, 0.15) is 6.92 Å². The molecule has 0 fully saturated rings. The van der Waals surface area contributed by atoms with E-state index in [2.05, 4.69) is 18.0 Å². The van der Waals surface area contributed by atoms with Crippen molar-refractivity contribution in [3.63, 3.8) is 0 Å². The maximum absolute atomic E-state index is 5.36. The molecule has 1 rings (SSSR count). The lowest BCUT2D eigenvalue weighted by atomic mass is 10.1. The van der Waals surface area contributed by atoms with Gasteiger partial charge in [0.15, 0.2) is 0 Å². The van der Waals surface area contributed by atoms with Gasteiger partial charge >= 0.3 is 0 Å². The van der Waals surface area contributed by atoms with Crippen LogP contribution in [0.2, 0.25) is 0 Å². The van der Waals surface area contributed by atoms with E-state index in [1.165, 1.54) is 0 Å². The van der Waals surface area contributed by atoms with Gasteiger partial charge in [0.2, 0.25) is 0 Å². The quantitative estimate of drug-likeness (QED) is 0.486. The van der Waals surface area contributed by atoms with Gasteiger partial charge in [0, 0.05) is 6.54 Å². The van der Waals surface area contributed by atoms with Crippen molar-refractivity contribution in [2.45, 2.75) is 6.92 Å². The number of aliphatic imine (C=N–C) groups is 1. The van der Waals surface area contributed by atoms with Crippen LogP contribution in [-0.2, 0) is 0 Å². The number of hydrogen-bond donors (Lipinski definition) is 1. The van der Waals surface area contributed by atoms with E-state index in [0.717, 1.165) is 6.54 Å². The molecule has 2 N–H and O–H groups in total. The van der Waals surface area contributed by atoms with Gasteiger partial charge < -0.3 is 5.73 Å². The molecule has 1 unspecified atom stereocenters. The molecule has 0 aromatic carbocycles. The Hall–Kier alpha value is -0.790. The second-order valence-corrected chi connectivity index (χ2v) is 2.10. The van der Waals surface area contributed by atoms with Crippen molar-refractivity contribution in [2.75, 3.05) is 6.54 Å². The average Bonchev–Trinajstić information content (AvgIpc) is 1.77. The van der Waals surface area contributed by atoms with Gasteiger partial charge in [-0.05, 0) is 12.0 Å². The van der Waals surface area contributed by atoms with Gasteiger partial charge in [-0.25, -0.2) is 0 Å². The first-order chi connectivity index (χ1) is 3.79. The van der Waals surface area contributed by atoms with Gasteiger partial charge in [-0.3, -0.25) is 4.99 Å². The molecule has 0 bridgehead atoms. The number of nitrogens with two attached hydrogens (primary N) is 1. The molecule has 0 amide bonds. The largest absolute Gasteiger partial charge is 0.384 e. The maximum Gasteiger partial charge on any atom is 0.117 e. The second-order valence-electron chi connectivity index (χ2n) is 2.10. The summed E-state index contributed by atoms with van der Waals surface area (Å²) in [5.41, 5.74) is 5.36. The van der Waals surface area contributed by atoms with Gasteiger partial charge in [0.25, 0.3) is 0 Å². The molecule has 44 valence electrons. The van der Waals surface area contributed by atoms with Crippen LogP contribution < -0.4 is 5.73 Å². The zero-order valence-corrected chi connectivity index (χ0v) is 4.96. The molecule has 0 aliphatic carbocycles. The summed E-state index contributed by atoms with van der Waals surface area (Å²) in [4.78, 5) is 4.02. The van der Waals surface area contributed by atoms with Crippen LogP contribution in [0.4, 0.5) is 0 Å². The molecule has 8 heavy (non-hydrogen) atoms. The van der Waals surface area contributed by atoms with E-state index in [1.807, 2.05) is 6.08 Å². The monoisotopic (exact) mass is 110 g/mol. The Labute approximate surface area is 49.1 Å². The third kappa shape index (κ3) is 1.09. The minimum absolute atomic E-state index is 0.572. The highest BCUT2D eigenvalue weighted by Gasteiger charge is 1.99. The molecule has 0 saturated heterocycles. The van der Waals surface area contributed by atoms with Crippen LogP contribution >= 0.6 is 0 Å². The lowest BCUT2D eigenvalue weighted by Crippen LogP contribution is -2.14. The van der Waals surface area contributed by atoms with Crippen LogP contribution in [-0.4, -0.2) is 12.4 Å². The Bertz CT molecular complexity index is 135. The van der Waals surface area contributed by atoms with Crippen molar-refractivity contribution >= 4 is 5.84 Å². The molecule has 2 heteroatoms. The lowest BCUT2D eigenvalue weighted by molar-refractivity contribution is 0.733. The molecule has 1 atom stereocenters. The summed E-state index contributed by atoms with van der Waals surface area (Å²) in [6, 6.07) is 0. The van der Waals surface area contributed by atoms with Crippen LogP contribution in [0.25, 0.3) is 0 Å². The van der Waals surface area contributed by atoms with Crippen molar-refractivity contribution < 1.29 is 0 Å². The molecule has 0 aromatic rings. The minimum atomic E-state index is 0.572. The first kappa shape index (κ1) is 5.35. The van der Waals surface area contributed by atoms with Crippen LogP contribution in [0.15, 0.2) is 17.1 Å². The summed E-state index contributed by atoms with van der Waals surface area (Å²) in [6.45, 7) is 2.97. The number of rotatable bonds is 0. The summed E-state index contributed by atoms with van der Waals surface area (Å²) < 4.78 is 0. The third-order valence-electron chi connectivity index (χ3n) is 1.16. The predicted octanol–water partition coefficient (Wildman–Crippen LogP) is 0.550. The highest BCUT2D eigenvalue weighted by Crippen LogP contribution is 2.01. The zero-order chi connectivity index (χ0) is 5.98. The van der Waals surface area contributed by atoms with E-state index < -0.39 is 0 Å². The summed E-state index contributed by atoms with van der Waals surface area (Å²) >= 11 is 0. The molecule has 0 aromatic heterocycles. The molecule has 2 nitrogen and oxygen atoms in total. The Morgan fingerprint density at radius 1 is 1.88 bits per heavy atom.